The molecule has 0 radical (unpaired) electrons. The van der Waals surface area contributed by atoms with Gasteiger partial charge in [0.05, 0.1) is 0 Å². The van der Waals surface area contributed by atoms with E-state index in [9.17, 15) is 14.4 Å². The molecule has 0 aliphatic carbocycles. The molecule has 0 rings (SSSR count). The molecule has 18 heavy (non-hydrogen) atoms. The van der Waals surface area contributed by atoms with Crippen molar-refractivity contribution in [1.82, 2.24) is 5.32 Å². The first-order valence-electron chi connectivity index (χ1n) is 6.80. The van der Waals surface area contributed by atoms with Gasteiger partial charge in [0.15, 0.2) is 0 Å². The van der Waals surface area contributed by atoms with Crippen molar-refractivity contribution in [2.24, 2.45) is 5.92 Å². The van der Waals surface area contributed by atoms with E-state index in [1.165, 1.54) is 0 Å². The number of Topliss-reactive ketones (excluding diaryl/α,β-unsaturated/α-hetero) is 2. The van der Waals surface area contributed by atoms with E-state index in [1.54, 1.807) is 6.92 Å². The molecule has 0 saturated heterocycles. The number of hydrogen-bond acceptors (Lipinski definition) is 3. The van der Waals surface area contributed by atoms with Gasteiger partial charge < -0.3 is 5.32 Å². The Balaban J connectivity index is 3.81. The lowest BCUT2D eigenvalue weighted by Gasteiger charge is -2.12. The Bertz CT molecular complexity index is 287. The fourth-order valence-corrected chi connectivity index (χ4v) is 1.74. The van der Waals surface area contributed by atoms with Gasteiger partial charge in [-0.15, -0.1) is 0 Å². The van der Waals surface area contributed by atoms with Gasteiger partial charge >= 0.3 is 0 Å². The molecule has 0 spiro atoms. The zero-order chi connectivity index (χ0) is 14.0. The van der Waals surface area contributed by atoms with Gasteiger partial charge in [-0.1, -0.05) is 20.3 Å². The standard InChI is InChI=1S/C14H25NO3/c1-4-13(17)10-12(11(3)16)8-6-7-9-15-14(18)5-2/h12H,4-10H2,1-3H3,(H,15,18). The lowest BCUT2D eigenvalue weighted by Crippen LogP contribution is -2.23. The van der Waals surface area contributed by atoms with Crippen LogP contribution in [-0.4, -0.2) is 24.0 Å². The molecule has 0 aromatic rings. The summed E-state index contributed by atoms with van der Waals surface area (Å²) in [6, 6.07) is 0. The van der Waals surface area contributed by atoms with Crippen molar-refractivity contribution in [2.75, 3.05) is 6.54 Å². The van der Waals surface area contributed by atoms with E-state index in [1.807, 2.05) is 13.8 Å². The van der Waals surface area contributed by atoms with Crippen molar-refractivity contribution in [2.45, 2.75) is 59.3 Å². The third-order valence-electron chi connectivity index (χ3n) is 3.07. The zero-order valence-corrected chi connectivity index (χ0v) is 11.8. The number of hydrogen-bond donors (Lipinski definition) is 1. The first-order chi connectivity index (χ1) is 8.51. The average Bonchev–Trinajstić information content (AvgIpc) is 2.35. The highest BCUT2D eigenvalue weighted by Gasteiger charge is 2.16. The number of nitrogens with one attached hydrogen (secondary N) is 1. The van der Waals surface area contributed by atoms with E-state index >= 15 is 0 Å². The molecule has 1 unspecified atom stereocenters. The van der Waals surface area contributed by atoms with Crippen LogP contribution in [0.4, 0.5) is 0 Å². The minimum absolute atomic E-state index is 0.0549. The summed E-state index contributed by atoms with van der Waals surface area (Å²) in [6.07, 6.45) is 3.83. The second-order valence-corrected chi connectivity index (χ2v) is 4.60. The van der Waals surface area contributed by atoms with E-state index in [4.69, 9.17) is 0 Å². The quantitative estimate of drug-likeness (QED) is 0.609. The molecule has 0 aromatic carbocycles. The van der Waals surface area contributed by atoms with Crippen LogP contribution in [0.25, 0.3) is 0 Å². The Morgan fingerprint density at radius 3 is 2.22 bits per heavy atom. The first-order valence-corrected chi connectivity index (χ1v) is 6.80. The van der Waals surface area contributed by atoms with Crippen molar-refractivity contribution < 1.29 is 14.4 Å². The minimum Gasteiger partial charge on any atom is -0.356 e. The largest absolute Gasteiger partial charge is 0.356 e. The van der Waals surface area contributed by atoms with Crippen LogP contribution in [0.15, 0.2) is 0 Å². The summed E-state index contributed by atoms with van der Waals surface area (Å²) in [7, 11) is 0. The smallest absolute Gasteiger partial charge is 0.219 e. The van der Waals surface area contributed by atoms with Crippen LogP contribution in [0.5, 0.6) is 0 Å². The molecule has 4 heteroatoms. The summed E-state index contributed by atoms with van der Waals surface area (Å²) in [5.74, 6) is 0.155. The Kier molecular flexibility index (Phi) is 9.15. The lowest BCUT2D eigenvalue weighted by atomic mass is 9.92. The van der Waals surface area contributed by atoms with Gasteiger partial charge in [0, 0.05) is 31.7 Å². The van der Waals surface area contributed by atoms with Gasteiger partial charge in [-0.05, 0) is 19.8 Å². The molecule has 0 saturated carbocycles. The molecule has 1 amide bonds. The van der Waals surface area contributed by atoms with Gasteiger partial charge in [0.25, 0.3) is 0 Å². The summed E-state index contributed by atoms with van der Waals surface area (Å²) in [5, 5.41) is 2.80. The van der Waals surface area contributed by atoms with E-state index in [0.717, 1.165) is 19.3 Å². The van der Waals surface area contributed by atoms with Gasteiger partial charge in [0.2, 0.25) is 5.91 Å². The molecule has 0 aliphatic rings. The highest BCUT2D eigenvalue weighted by molar-refractivity contribution is 5.86. The molecule has 0 aromatic heterocycles. The summed E-state index contributed by atoms with van der Waals surface area (Å²) < 4.78 is 0. The fraction of sp³-hybridized carbons (Fsp3) is 0.786. The lowest BCUT2D eigenvalue weighted by molar-refractivity contribution is -0.126. The van der Waals surface area contributed by atoms with Crippen molar-refractivity contribution >= 4 is 17.5 Å². The maximum Gasteiger partial charge on any atom is 0.219 e. The molecule has 1 atom stereocenters. The van der Waals surface area contributed by atoms with Gasteiger partial charge in [0.1, 0.15) is 11.6 Å². The van der Waals surface area contributed by atoms with Crippen LogP contribution in [0.2, 0.25) is 0 Å². The number of rotatable bonds is 10. The Labute approximate surface area is 110 Å². The fourth-order valence-electron chi connectivity index (χ4n) is 1.74. The van der Waals surface area contributed by atoms with E-state index < -0.39 is 0 Å². The highest BCUT2D eigenvalue weighted by atomic mass is 16.1. The first kappa shape index (κ1) is 16.8. The molecular formula is C14H25NO3. The Morgan fingerprint density at radius 1 is 1.06 bits per heavy atom. The number of carbonyl (C=O) groups excluding carboxylic acids is 3. The summed E-state index contributed by atoms with van der Waals surface area (Å²) in [6.45, 7) is 5.84. The maximum absolute atomic E-state index is 11.4. The minimum atomic E-state index is -0.140. The molecule has 4 nitrogen and oxygen atoms in total. The third kappa shape index (κ3) is 7.98. The van der Waals surface area contributed by atoms with E-state index in [-0.39, 0.29) is 23.4 Å². The van der Waals surface area contributed by atoms with Crippen molar-refractivity contribution in [3.63, 3.8) is 0 Å². The number of ketones is 2. The number of amides is 1. The SMILES string of the molecule is CCC(=O)CC(CCCCNC(=O)CC)C(C)=O. The summed E-state index contributed by atoms with van der Waals surface area (Å²) >= 11 is 0. The Hall–Kier alpha value is -1.19. The summed E-state index contributed by atoms with van der Waals surface area (Å²) in [5.41, 5.74) is 0. The Morgan fingerprint density at radius 2 is 1.72 bits per heavy atom. The van der Waals surface area contributed by atoms with Crippen LogP contribution in [0.3, 0.4) is 0 Å². The van der Waals surface area contributed by atoms with Crippen LogP contribution in [0, 0.1) is 5.92 Å². The average molecular weight is 255 g/mol. The van der Waals surface area contributed by atoms with Gasteiger partial charge in [-0.3, -0.25) is 14.4 Å². The highest BCUT2D eigenvalue weighted by Crippen LogP contribution is 2.15. The predicted molar refractivity (Wildman–Crippen MR) is 71.2 cm³/mol. The molecular weight excluding hydrogens is 230 g/mol. The van der Waals surface area contributed by atoms with Crippen LogP contribution >= 0.6 is 0 Å². The van der Waals surface area contributed by atoms with Crippen molar-refractivity contribution in [3.05, 3.63) is 0 Å². The zero-order valence-electron chi connectivity index (χ0n) is 11.8. The molecule has 0 fully saturated rings. The topological polar surface area (TPSA) is 63.2 Å². The molecule has 0 heterocycles. The van der Waals surface area contributed by atoms with E-state index in [0.29, 0.717) is 25.8 Å². The number of unbranched alkanes of at least 4 members (excludes halogenated alkanes) is 1. The van der Waals surface area contributed by atoms with Crippen molar-refractivity contribution in [3.8, 4) is 0 Å². The second kappa shape index (κ2) is 9.80. The molecule has 1 N–H and O–H groups in total. The molecule has 104 valence electrons. The normalized spacial score (nSPS) is 11.9. The van der Waals surface area contributed by atoms with Crippen LogP contribution < -0.4 is 5.32 Å². The molecule has 0 bridgehead atoms. The molecule has 0 aliphatic heterocycles. The van der Waals surface area contributed by atoms with Crippen LogP contribution in [0.1, 0.15) is 59.3 Å². The monoisotopic (exact) mass is 255 g/mol. The third-order valence-corrected chi connectivity index (χ3v) is 3.07. The van der Waals surface area contributed by atoms with Gasteiger partial charge in [-0.25, -0.2) is 0 Å². The van der Waals surface area contributed by atoms with Gasteiger partial charge in [-0.2, -0.15) is 0 Å². The van der Waals surface area contributed by atoms with E-state index in [2.05, 4.69) is 5.32 Å². The van der Waals surface area contributed by atoms with Crippen molar-refractivity contribution in [1.29, 1.82) is 0 Å². The predicted octanol–water partition coefficient (Wildman–Crippen LogP) is 2.26. The summed E-state index contributed by atoms with van der Waals surface area (Å²) in [4.78, 5) is 33.7. The second-order valence-electron chi connectivity index (χ2n) is 4.60. The maximum atomic E-state index is 11.4. The number of carbonyl (C=O) groups is 3. The van der Waals surface area contributed by atoms with Crippen LogP contribution in [-0.2, 0) is 14.4 Å².